The van der Waals surface area contributed by atoms with Crippen molar-refractivity contribution in [2.24, 2.45) is 0 Å². The SMILES string of the molecule is CC[C@@H](C(=O)Nc1ccc(F)c(Cl)c1)n1c(=O)[nH]c2ccccc2c1=O. The van der Waals surface area contributed by atoms with Crippen LogP contribution in [-0.2, 0) is 4.79 Å². The van der Waals surface area contributed by atoms with E-state index in [9.17, 15) is 18.8 Å². The fourth-order valence-corrected chi connectivity index (χ4v) is 2.92. The van der Waals surface area contributed by atoms with Crippen molar-refractivity contribution < 1.29 is 9.18 Å². The van der Waals surface area contributed by atoms with Crippen molar-refractivity contribution in [1.82, 2.24) is 9.55 Å². The van der Waals surface area contributed by atoms with Crippen molar-refractivity contribution >= 4 is 34.1 Å². The molecule has 0 aliphatic carbocycles. The number of halogens is 2. The van der Waals surface area contributed by atoms with E-state index in [0.29, 0.717) is 10.9 Å². The molecule has 0 unspecified atom stereocenters. The third-order valence-corrected chi connectivity index (χ3v) is 4.31. The van der Waals surface area contributed by atoms with Gasteiger partial charge in [-0.2, -0.15) is 0 Å². The molecule has 134 valence electrons. The van der Waals surface area contributed by atoms with E-state index in [2.05, 4.69) is 10.3 Å². The van der Waals surface area contributed by atoms with E-state index in [1.807, 2.05) is 0 Å². The Kier molecular flexibility index (Phi) is 4.90. The van der Waals surface area contributed by atoms with Crippen molar-refractivity contribution in [2.45, 2.75) is 19.4 Å². The van der Waals surface area contributed by atoms with Gasteiger partial charge >= 0.3 is 5.69 Å². The molecular weight excluding hydrogens is 361 g/mol. The first-order chi connectivity index (χ1) is 12.4. The molecule has 3 rings (SSSR count). The number of aromatic amines is 1. The molecule has 0 fully saturated rings. The highest BCUT2D eigenvalue weighted by Gasteiger charge is 2.23. The van der Waals surface area contributed by atoms with Crippen LogP contribution in [0.3, 0.4) is 0 Å². The Morgan fingerprint density at radius 1 is 1.27 bits per heavy atom. The predicted molar refractivity (Wildman–Crippen MR) is 98.2 cm³/mol. The number of hydrogen-bond acceptors (Lipinski definition) is 3. The van der Waals surface area contributed by atoms with E-state index in [1.165, 1.54) is 12.1 Å². The number of benzene rings is 2. The molecule has 1 amide bonds. The van der Waals surface area contributed by atoms with Crippen molar-refractivity contribution in [1.29, 1.82) is 0 Å². The van der Waals surface area contributed by atoms with Gasteiger partial charge in [-0.05, 0) is 36.8 Å². The fraction of sp³-hybridized carbons (Fsp3) is 0.167. The average molecular weight is 376 g/mol. The van der Waals surface area contributed by atoms with Crippen molar-refractivity contribution in [2.75, 3.05) is 5.32 Å². The van der Waals surface area contributed by atoms with Gasteiger partial charge < -0.3 is 10.3 Å². The lowest BCUT2D eigenvalue weighted by Crippen LogP contribution is -2.42. The van der Waals surface area contributed by atoms with Gasteiger partial charge in [-0.1, -0.05) is 30.7 Å². The van der Waals surface area contributed by atoms with Gasteiger partial charge in [0.2, 0.25) is 5.91 Å². The molecule has 3 aromatic rings. The van der Waals surface area contributed by atoms with Gasteiger partial charge in [0.15, 0.2) is 0 Å². The Labute approximate surface area is 152 Å². The molecule has 8 heteroatoms. The highest BCUT2D eigenvalue weighted by Crippen LogP contribution is 2.20. The molecule has 0 aliphatic heterocycles. The third-order valence-electron chi connectivity index (χ3n) is 4.02. The third kappa shape index (κ3) is 3.25. The number of amides is 1. The number of fused-ring (bicyclic) bond motifs is 1. The molecule has 0 saturated heterocycles. The second kappa shape index (κ2) is 7.13. The molecule has 26 heavy (non-hydrogen) atoms. The molecule has 2 aromatic carbocycles. The summed E-state index contributed by atoms with van der Waals surface area (Å²) in [5, 5.41) is 2.73. The minimum atomic E-state index is -1.03. The predicted octanol–water partition coefficient (Wildman–Crippen LogP) is 3.07. The zero-order chi connectivity index (χ0) is 18.8. The van der Waals surface area contributed by atoms with Crippen LogP contribution in [0.5, 0.6) is 0 Å². The van der Waals surface area contributed by atoms with Crippen molar-refractivity contribution in [3.63, 3.8) is 0 Å². The molecule has 1 heterocycles. The Morgan fingerprint density at radius 2 is 2.00 bits per heavy atom. The van der Waals surface area contributed by atoms with Crippen LogP contribution in [0.4, 0.5) is 10.1 Å². The van der Waals surface area contributed by atoms with Gasteiger partial charge in [0.1, 0.15) is 11.9 Å². The summed E-state index contributed by atoms with van der Waals surface area (Å²) in [6.45, 7) is 1.68. The van der Waals surface area contributed by atoms with Crippen LogP contribution in [0.1, 0.15) is 19.4 Å². The Bertz CT molecular complexity index is 1110. The minimum Gasteiger partial charge on any atom is -0.324 e. The number of carbonyl (C=O) groups is 1. The quantitative estimate of drug-likeness (QED) is 0.735. The average Bonchev–Trinajstić information content (AvgIpc) is 2.61. The molecule has 0 saturated carbocycles. The van der Waals surface area contributed by atoms with Crippen molar-refractivity contribution in [3.8, 4) is 0 Å². The highest BCUT2D eigenvalue weighted by atomic mass is 35.5. The van der Waals surface area contributed by atoms with E-state index in [1.54, 1.807) is 31.2 Å². The monoisotopic (exact) mass is 375 g/mol. The highest BCUT2D eigenvalue weighted by molar-refractivity contribution is 6.31. The molecule has 2 N–H and O–H groups in total. The summed E-state index contributed by atoms with van der Waals surface area (Å²) in [6.07, 6.45) is 0.210. The summed E-state index contributed by atoms with van der Waals surface area (Å²) in [5.41, 5.74) is -0.555. The summed E-state index contributed by atoms with van der Waals surface area (Å²) in [6, 6.07) is 9.26. The summed E-state index contributed by atoms with van der Waals surface area (Å²) in [4.78, 5) is 40.3. The zero-order valence-corrected chi connectivity index (χ0v) is 14.5. The van der Waals surface area contributed by atoms with Gasteiger partial charge in [0.25, 0.3) is 5.56 Å². The maximum absolute atomic E-state index is 13.2. The van der Waals surface area contributed by atoms with Crippen LogP contribution in [0, 0.1) is 5.82 Å². The van der Waals surface area contributed by atoms with Crippen LogP contribution in [0.25, 0.3) is 10.9 Å². The van der Waals surface area contributed by atoms with E-state index in [-0.39, 0.29) is 17.1 Å². The van der Waals surface area contributed by atoms with E-state index in [0.717, 1.165) is 10.6 Å². The first-order valence-corrected chi connectivity index (χ1v) is 8.29. The van der Waals surface area contributed by atoms with Crippen LogP contribution < -0.4 is 16.6 Å². The maximum Gasteiger partial charge on any atom is 0.329 e. The molecule has 6 nitrogen and oxygen atoms in total. The van der Waals surface area contributed by atoms with Gasteiger partial charge in [-0.3, -0.25) is 9.59 Å². The van der Waals surface area contributed by atoms with Gasteiger partial charge in [-0.15, -0.1) is 0 Å². The number of para-hydroxylation sites is 1. The minimum absolute atomic E-state index is 0.142. The number of nitrogens with one attached hydrogen (secondary N) is 2. The molecule has 1 atom stereocenters. The molecule has 0 bridgehead atoms. The summed E-state index contributed by atoms with van der Waals surface area (Å²) < 4.78 is 14.1. The second-order valence-corrected chi connectivity index (χ2v) is 6.10. The van der Waals surface area contributed by atoms with E-state index >= 15 is 0 Å². The summed E-state index contributed by atoms with van der Waals surface area (Å²) in [5.74, 6) is -1.18. The number of H-pyrrole nitrogens is 1. The van der Waals surface area contributed by atoms with Crippen LogP contribution in [0.15, 0.2) is 52.1 Å². The first-order valence-electron chi connectivity index (χ1n) is 7.92. The van der Waals surface area contributed by atoms with Crippen LogP contribution in [0.2, 0.25) is 5.02 Å². The number of nitrogens with zero attached hydrogens (tertiary/aromatic N) is 1. The van der Waals surface area contributed by atoms with Gasteiger partial charge in [0, 0.05) is 5.69 Å². The Hall–Kier alpha value is -2.93. The topological polar surface area (TPSA) is 84.0 Å². The van der Waals surface area contributed by atoms with Gasteiger partial charge in [0.05, 0.1) is 15.9 Å². The largest absolute Gasteiger partial charge is 0.329 e. The van der Waals surface area contributed by atoms with Crippen LogP contribution in [-0.4, -0.2) is 15.5 Å². The molecule has 0 radical (unpaired) electrons. The lowest BCUT2D eigenvalue weighted by atomic mass is 10.1. The summed E-state index contributed by atoms with van der Waals surface area (Å²) in [7, 11) is 0. The molecular formula is C18H15ClFN3O3. The second-order valence-electron chi connectivity index (χ2n) is 5.69. The van der Waals surface area contributed by atoms with Crippen molar-refractivity contribution in [3.05, 3.63) is 74.1 Å². The van der Waals surface area contributed by atoms with E-state index in [4.69, 9.17) is 11.6 Å². The standard InChI is InChI=1S/C18H15ClFN3O3/c1-2-15(16(24)21-10-7-8-13(20)12(19)9-10)23-17(25)11-5-3-4-6-14(11)22-18(23)26/h3-9,15H,2H2,1H3,(H,21,24)(H,22,26)/t15-/m0/s1. The zero-order valence-electron chi connectivity index (χ0n) is 13.8. The van der Waals surface area contributed by atoms with Gasteiger partial charge in [-0.25, -0.2) is 13.8 Å². The van der Waals surface area contributed by atoms with E-state index < -0.39 is 29.0 Å². The normalized spacial score (nSPS) is 12.1. The lowest BCUT2D eigenvalue weighted by Gasteiger charge is -2.17. The Balaban J connectivity index is 2.02. The van der Waals surface area contributed by atoms with Crippen LogP contribution >= 0.6 is 11.6 Å². The molecule has 0 spiro atoms. The molecule has 0 aliphatic rings. The first kappa shape index (κ1) is 17.9. The summed E-state index contributed by atoms with van der Waals surface area (Å²) >= 11 is 5.71. The smallest absolute Gasteiger partial charge is 0.324 e. The lowest BCUT2D eigenvalue weighted by molar-refractivity contribution is -0.119. The Morgan fingerprint density at radius 3 is 2.69 bits per heavy atom. The molecule has 1 aromatic heterocycles. The maximum atomic E-state index is 13.2. The number of hydrogen-bond donors (Lipinski definition) is 2. The number of anilines is 1. The number of aromatic nitrogens is 2. The number of carbonyl (C=O) groups excluding carboxylic acids is 1. The fourth-order valence-electron chi connectivity index (χ4n) is 2.74. The number of rotatable bonds is 4.